The first kappa shape index (κ1) is 16.0. The van der Waals surface area contributed by atoms with Gasteiger partial charge in [0.2, 0.25) is 0 Å². The van der Waals surface area contributed by atoms with Gasteiger partial charge in [-0.1, -0.05) is 0 Å². The fraction of sp³-hybridized carbons (Fsp3) is 0.455. The predicted octanol–water partition coefficient (Wildman–Crippen LogP) is 1.44. The highest BCUT2D eigenvalue weighted by Gasteiger charge is 2.27. The summed E-state index contributed by atoms with van der Waals surface area (Å²) in [5.74, 6) is -0.454. The molecule has 0 saturated heterocycles. The molecule has 1 aromatic rings. The Balaban J connectivity index is 2.49. The molecule has 9 heteroatoms. The lowest BCUT2D eigenvalue weighted by Gasteiger charge is -2.11. The number of anilines is 2. The smallest absolute Gasteiger partial charge is 0.411 e. The lowest BCUT2D eigenvalue weighted by atomic mass is 10.3. The molecule has 0 amide bonds. The van der Waals surface area contributed by atoms with Crippen molar-refractivity contribution >= 4 is 17.5 Å². The van der Waals surface area contributed by atoms with Gasteiger partial charge < -0.3 is 20.5 Å². The maximum atomic E-state index is 11.8. The van der Waals surface area contributed by atoms with E-state index in [1.165, 1.54) is 19.2 Å². The number of nitrogens with zero attached hydrogens (tertiary/aromatic N) is 1. The van der Waals surface area contributed by atoms with Gasteiger partial charge in [0, 0.05) is 6.54 Å². The molecule has 1 heterocycles. The van der Waals surface area contributed by atoms with Crippen LogP contribution >= 0.6 is 0 Å². The molecule has 0 radical (unpaired) electrons. The zero-order valence-electron chi connectivity index (χ0n) is 10.7. The van der Waals surface area contributed by atoms with Gasteiger partial charge >= 0.3 is 12.1 Å². The molecule has 0 aliphatic carbocycles. The summed E-state index contributed by atoms with van der Waals surface area (Å²) in [7, 11) is 1.21. The fourth-order valence-electron chi connectivity index (χ4n) is 1.26. The van der Waals surface area contributed by atoms with Crippen molar-refractivity contribution in [1.82, 2.24) is 4.98 Å². The largest absolute Gasteiger partial charge is 0.464 e. The van der Waals surface area contributed by atoms with Crippen molar-refractivity contribution in [3.8, 4) is 0 Å². The van der Waals surface area contributed by atoms with Gasteiger partial charge in [-0.25, -0.2) is 9.78 Å². The highest BCUT2D eigenvalue weighted by Crippen LogP contribution is 2.16. The number of methoxy groups -OCH3 is 1. The van der Waals surface area contributed by atoms with Gasteiger partial charge in [-0.3, -0.25) is 0 Å². The van der Waals surface area contributed by atoms with Crippen molar-refractivity contribution in [2.24, 2.45) is 0 Å². The third-order valence-electron chi connectivity index (χ3n) is 2.13. The molecule has 6 nitrogen and oxygen atoms in total. The van der Waals surface area contributed by atoms with Gasteiger partial charge in [-0.15, -0.1) is 0 Å². The first-order chi connectivity index (χ1) is 9.33. The standard InChI is InChI=1S/C11H14F3N3O3/c1-19-10(18)8-3-2-7(15)9(17-8)16-4-5-20-6-11(12,13)14/h2-3H,4-6,15H2,1H3,(H,16,17). The van der Waals surface area contributed by atoms with E-state index < -0.39 is 18.8 Å². The van der Waals surface area contributed by atoms with Gasteiger partial charge in [0.05, 0.1) is 19.4 Å². The Labute approximate surface area is 113 Å². The lowest BCUT2D eigenvalue weighted by molar-refractivity contribution is -0.172. The molecular weight excluding hydrogens is 279 g/mol. The molecule has 20 heavy (non-hydrogen) atoms. The van der Waals surface area contributed by atoms with Gasteiger partial charge in [0.25, 0.3) is 0 Å². The number of nitrogens with two attached hydrogens (primary N) is 1. The second-order valence-corrected chi connectivity index (χ2v) is 3.72. The SMILES string of the molecule is COC(=O)c1ccc(N)c(NCCOCC(F)(F)F)n1. The molecular formula is C11H14F3N3O3. The molecule has 1 aromatic heterocycles. The zero-order valence-corrected chi connectivity index (χ0v) is 10.7. The summed E-state index contributed by atoms with van der Waals surface area (Å²) in [5.41, 5.74) is 5.92. The van der Waals surface area contributed by atoms with Gasteiger partial charge in [0.15, 0.2) is 5.69 Å². The van der Waals surface area contributed by atoms with E-state index in [9.17, 15) is 18.0 Å². The number of aromatic nitrogens is 1. The number of hydrogen-bond donors (Lipinski definition) is 2. The maximum absolute atomic E-state index is 11.8. The Kier molecular flexibility index (Phi) is 5.56. The van der Waals surface area contributed by atoms with E-state index in [0.29, 0.717) is 0 Å². The highest BCUT2D eigenvalue weighted by atomic mass is 19.4. The fourth-order valence-corrected chi connectivity index (χ4v) is 1.26. The average molecular weight is 293 g/mol. The molecule has 3 N–H and O–H groups in total. The Morgan fingerprint density at radius 2 is 2.15 bits per heavy atom. The van der Waals surface area contributed by atoms with Crippen molar-refractivity contribution in [3.63, 3.8) is 0 Å². The van der Waals surface area contributed by atoms with E-state index in [1.54, 1.807) is 0 Å². The predicted molar refractivity (Wildman–Crippen MR) is 65.4 cm³/mol. The summed E-state index contributed by atoms with van der Waals surface area (Å²) in [6.07, 6.45) is -4.36. The van der Waals surface area contributed by atoms with Gasteiger partial charge in [-0.2, -0.15) is 13.2 Å². The Morgan fingerprint density at radius 1 is 1.45 bits per heavy atom. The minimum Gasteiger partial charge on any atom is -0.464 e. The van der Waals surface area contributed by atoms with Crippen LogP contribution in [0.4, 0.5) is 24.7 Å². The molecule has 0 aliphatic heterocycles. The van der Waals surface area contributed by atoms with Crippen molar-refractivity contribution < 1.29 is 27.4 Å². The van der Waals surface area contributed by atoms with Gasteiger partial charge in [0.1, 0.15) is 12.4 Å². The Bertz CT molecular complexity index is 466. The van der Waals surface area contributed by atoms with Gasteiger partial charge in [-0.05, 0) is 12.1 Å². The third-order valence-corrected chi connectivity index (χ3v) is 2.13. The third kappa shape index (κ3) is 5.31. The highest BCUT2D eigenvalue weighted by molar-refractivity contribution is 5.88. The maximum Gasteiger partial charge on any atom is 0.411 e. The number of ether oxygens (including phenoxy) is 2. The van der Waals surface area contributed by atoms with Crippen LogP contribution in [-0.2, 0) is 9.47 Å². The summed E-state index contributed by atoms with van der Waals surface area (Å²) in [6, 6.07) is 2.82. The number of carbonyl (C=O) groups is 1. The second-order valence-electron chi connectivity index (χ2n) is 3.72. The van der Waals surface area contributed by atoms with E-state index in [4.69, 9.17) is 5.73 Å². The van der Waals surface area contributed by atoms with Crippen LogP contribution in [0.15, 0.2) is 12.1 Å². The quantitative estimate of drug-likeness (QED) is 0.609. The Morgan fingerprint density at radius 3 is 2.75 bits per heavy atom. The molecule has 0 fully saturated rings. The normalized spacial score (nSPS) is 11.2. The molecule has 0 saturated carbocycles. The molecule has 0 spiro atoms. The summed E-state index contributed by atoms with van der Waals surface area (Å²) in [6.45, 7) is -1.43. The van der Waals surface area contributed by atoms with Crippen LogP contribution < -0.4 is 11.1 Å². The molecule has 0 aliphatic rings. The number of hydrogen-bond acceptors (Lipinski definition) is 6. The van der Waals surface area contributed by atoms with E-state index in [1.807, 2.05) is 0 Å². The number of carbonyl (C=O) groups excluding carboxylic acids is 1. The molecule has 112 valence electrons. The van der Waals surface area contributed by atoms with Crippen LogP contribution in [0, 0.1) is 0 Å². The Hall–Kier alpha value is -2.03. The number of esters is 1. The van der Waals surface area contributed by atoms with E-state index in [2.05, 4.69) is 19.8 Å². The van der Waals surface area contributed by atoms with E-state index in [0.717, 1.165) is 0 Å². The van der Waals surface area contributed by atoms with Crippen molar-refractivity contribution in [3.05, 3.63) is 17.8 Å². The van der Waals surface area contributed by atoms with Crippen molar-refractivity contribution in [2.45, 2.75) is 6.18 Å². The zero-order chi connectivity index (χ0) is 15.2. The number of halogens is 3. The summed E-state index contributed by atoms with van der Waals surface area (Å²) in [5, 5.41) is 2.68. The first-order valence-corrected chi connectivity index (χ1v) is 5.56. The summed E-state index contributed by atoms with van der Waals surface area (Å²) < 4.78 is 44.4. The lowest BCUT2D eigenvalue weighted by Crippen LogP contribution is -2.20. The second kappa shape index (κ2) is 6.94. The topological polar surface area (TPSA) is 86.5 Å². The number of alkyl halides is 3. The average Bonchev–Trinajstić information content (AvgIpc) is 2.38. The monoisotopic (exact) mass is 293 g/mol. The summed E-state index contributed by atoms with van der Waals surface area (Å²) >= 11 is 0. The minimum atomic E-state index is -4.36. The number of pyridine rings is 1. The van der Waals surface area contributed by atoms with Crippen LogP contribution in [0.1, 0.15) is 10.5 Å². The molecule has 0 aromatic carbocycles. The molecule has 0 unspecified atom stereocenters. The van der Waals surface area contributed by atoms with Crippen LogP contribution in [0.5, 0.6) is 0 Å². The number of rotatable bonds is 6. The van der Waals surface area contributed by atoms with Crippen LogP contribution in [-0.4, -0.2) is 44.0 Å². The number of nitrogen functional groups attached to an aromatic ring is 1. The van der Waals surface area contributed by atoms with Crippen LogP contribution in [0.2, 0.25) is 0 Å². The first-order valence-electron chi connectivity index (χ1n) is 5.56. The molecule has 0 bridgehead atoms. The summed E-state index contributed by atoms with van der Waals surface area (Å²) in [4.78, 5) is 15.2. The van der Waals surface area contributed by atoms with Crippen molar-refractivity contribution in [2.75, 3.05) is 37.9 Å². The van der Waals surface area contributed by atoms with E-state index >= 15 is 0 Å². The molecule has 0 atom stereocenters. The van der Waals surface area contributed by atoms with E-state index in [-0.39, 0.29) is 30.4 Å². The minimum absolute atomic E-state index is 0.0420. The van der Waals surface area contributed by atoms with Crippen LogP contribution in [0.25, 0.3) is 0 Å². The number of nitrogens with one attached hydrogen (secondary N) is 1. The molecule has 1 rings (SSSR count). The van der Waals surface area contributed by atoms with Crippen molar-refractivity contribution in [1.29, 1.82) is 0 Å². The van der Waals surface area contributed by atoms with Crippen LogP contribution in [0.3, 0.4) is 0 Å².